The van der Waals surface area contributed by atoms with Crippen molar-refractivity contribution < 1.29 is 9.53 Å². The molecule has 194 valence electrons. The van der Waals surface area contributed by atoms with Crippen LogP contribution in [0.2, 0.25) is 0 Å². The van der Waals surface area contributed by atoms with Crippen molar-refractivity contribution in [3.63, 3.8) is 0 Å². The van der Waals surface area contributed by atoms with Crippen LogP contribution in [-0.2, 0) is 12.8 Å². The highest BCUT2D eigenvalue weighted by atomic mass is 16.5. The largest absolute Gasteiger partial charge is 0.422 e. The van der Waals surface area contributed by atoms with Crippen LogP contribution in [0, 0.1) is 11.3 Å². The van der Waals surface area contributed by atoms with Crippen LogP contribution < -0.4 is 4.74 Å². The zero-order valence-electron chi connectivity index (χ0n) is 22.3. The van der Waals surface area contributed by atoms with Crippen molar-refractivity contribution in [1.29, 1.82) is 5.26 Å². The molecule has 0 amide bonds. The van der Waals surface area contributed by atoms with E-state index in [1.54, 1.807) is 18.2 Å². The SMILES string of the molecule is CCCCCCCc1cnc(-c2ccc(C(=O)Oc3ccc(CCCCCCC)cc3C#N)cc2)nc1. The van der Waals surface area contributed by atoms with Crippen molar-refractivity contribution in [1.82, 2.24) is 9.97 Å². The van der Waals surface area contributed by atoms with E-state index in [0.29, 0.717) is 22.7 Å². The number of aryl methyl sites for hydroxylation is 2. The van der Waals surface area contributed by atoms with E-state index in [0.717, 1.165) is 42.4 Å². The van der Waals surface area contributed by atoms with Gasteiger partial charge in [0.05, 0.1) is 11.1 Å². The molecule has 5 heteroatoms. The standard InChI is InChI=1S/C32H39N3O2/c1-3-5-7-9-11-13-25-15-20-30(29(21-25)22-33)37-32(36)28-18-16-27(17-19-28)31-34-23-26(24-35-31)14-12-10-8-6-4-2/h15-21,23-24H,3-14H2,1-2H3. The maximum Gasteiger partial charge on any atom is 0.343 e. The molecule has 0 spiro atoms. The summed E-state index contributed by atoms with van der Waals surface area (Å²) in [5, 5.41) is 9.58. The van der Waals surface area contributed by atoms with E-state index >= 15 is 0 Å². The van der Waals surface area contributed by atoms with Crippen molar-refractivity contribution in [3.05, 3.63) is 77.1 Å². The van der Waals surface area contributed by atoms with E-state index in [4.69, 9.17) is 4.74 Å². The molecule has 0 bridgehead atoms. The Bertz CT molecular complexity index is 1150. The lowest BCUT2D eigenvalue weighted by Crippen LogP contribution is -2.09. The number of benzene rings is 2. The summed E-state index contributed by atoms with van der Waals surface area (Å²) in [5.74, 6) is 0.432. The van der Waals surface area contributed by atoms with Crippen LogP contribution in [0.1, 0.15) is 105 Å². The average Bonchev–Trinajstić information content (AvgIpc) is 2.94. The van der Waals surface area contributed by atoms with Gasteiger partial charge >= 0.3 is 5.97 Å². The topological polar surface area (TPSA) is 75.9 Å². The van der Waals surface area contributed by atoms with Crippen LogP contribution in [0.25, 0.3) is 11.4 Å². The Morgan fingerprint density at radius 3 is 1.97 bits per heavy atom. The normalized spacial score (nSPS) is 10.7. The van der Waals surface area contributed by atoms with Gasteiger partial charge < -0.3 is 4.74 Å². The molecule has 0 atom stereocenters. The molecule has 3 aromatic rings. The summed E-state index contributed by atoms with van der Waals surface area (Å²) in [4.78, 5) is 21.8. The monoisotopic (exact) mass is 497 g/mol. The summed E-state index contributed by atoms with van der Waals surface area (Å²) in [6.07, 6.45) is 18.0. The van der Waals surface area contributed by atoms with Crippen LogP contribution >= 0.6 is 0 Å². The molecule has 0 aliphatic carbocycles. The molecule has 1 aromatic heterocycles. The Labute approximate surface area is 221 Å². The molecule has 5 nitrogen and oxygen atoms in total. The first-order valence-electron chi connectivity index (χ1n) is 13.8. The lowest BCUT2D eigenvalue weighted by atomic mass is 10.0. The van der Waals surface area contributed by atoms with Crippen molar-refractivity contribution in [2.75, 3.05) is 0 Å². The second kappa shape index (κ2) is 15.6. The fourth-order valence-corrected chi connectivity index (χ4v) is 4.32. The van der Waals surface area contributed by atoms with Crippen molar-refractivity contribution in [2.45, 2.75) is 90.9 Å². The van der Waals surface area contributed by atoms with Gasteiger partial charge in [0.2, 0.25) is 0 Å². The number of ether oxygens (including phenoxy) is 1. The molecule has 0 saturated heterocycles. The Morgan fingerprint density at radius 1 is 0.784 bits per heavy atom. The maximum absolute atomic E-state index is 12.7. The summed E-state index contributed by atoms with van der Waals surface area (Å²) in [5.41, 5.74) is 3.88. The summed E-state index contributed by atoms with van der Waals surface area (Å²) in [6, 6.07) is 14.7. The van der Waals surface area contributed by atoms with Crippen molar-refractivity contribution >= 4 is 5.97 Å². The highest BCUT2D eigenvalue weighted by Gasteiger charge is 2.13. The first-order chi connectivity index (χ1) is 18.1. The number of unbranched alkanes of at least 4 members (excludes halogenated alkanes) is 8. The van der Waals surface area contributed by atoms with Crippen molar-refractivity contribution in [3.8, 4) is 23.2 Å². The molecule has 1 heterocycles. The van der Waals surface area contributed by atoms with Gasteiger partial charge in [-0.3, -0.25) is 0 Å². The van der Waals surface area contributed by atoms with Gasteiger partial charge in [0.25, 0.3) is 0 Å². The van der Waals surface area contributed by atoms with Gasteiger partial charge in [-0.05, 0) is 61.1 Å². The third-order valence-electron chi connectivity index (χ3n) is 6.59. The maximum atomic E-state index is 12.7. The highest BCUT2D eigenvalue weighted by Crippen LogP contribution is 2.23. The van der Waals surface area contributed by atoms with Gasteiger partial charge in [0.15, 0.2) is 5.82 Å². The van der Waals surface area contributed by atoms with E-state index in [1.807, 2.05) is 36.7 Å². The smallest absolute Gasteiger partial charge is 0.343 e. The molecule has 0 unspecified atom stereocenters. The molecule has 0 N–H and O–H groups in total. The Kier molecular flexibility index (Phi) is 11.8. The number of rotatable bonds is 15. The molecular formula is C32H39N3O2. The third kappa shape index (κ3) is 9.13. The number of esters is 1. The molecule has 0 fully saturated rings. The number of nitriles is 1. The number of hydrogen-bond donors (Lipinski definition) is 0. The Morgan fingerprint density at radius 2 is 1.38 bits per heavy atom. The molecule has 37 heavy (non-hydrogen) atoms. The molecule has 0 saturated carbocycles. The number of aromatic nitrogens is 2. The highest BCUT2D eigenvalue weighted by molar-refractivity contribution is 5.91. The van der Waals surface area contributed by atoms with Crippen LogP contribution in [-0.4, -0.2) is 15.9 Å². The zero-order chi connectivity index (χ0) is 26.3. The fourth-order valence-electron chi connectivity index (χ4n) is 4.32. The van der Waals surface area contributed by atoms with E-state index in [1.165, 1.54) is 51.4 Å². The quantitative estimate of drug-likeness (QED) is 0.120. The zero-order valence-corrected chi connectivity index (χ0v) is 22.3. The molecule has 3 rings (SSSR count). The molecule has 0 aliphatic heterocycles. The average molecular weight is 498 g/mol. The predicted octanol–water partition coefficient (Wildman–Crippen LogP) is 8.26. The summed E-state index contributed by atoms with van der Waals surface area (Å²) < 4.78 is 5.57. The van der Waals surface area contributed by atoms with Gasteiger partial charge in [0.1, 0.15) is 11.8 Å². The number of nitrogens with zero attached hydrogens (tertiary/aromatic N) is 3. The first-order valence-corrected chi connectivity index (χ1v) is 13.8. The minimum absolute atomic E-state index is 0.292. The van der Waals surface area contributed by atoms with Gasteiger partial charge in [-0.2, -0.15) is 5.26 Å². The summed E-state index contributed by atoms with van der Waals surface area (Å²) in [6.45, 7) is 4.43. The van der Waals surface area contributed by atoms with Crippen molar-refractivity contribution in [2.24, 2.45) is 0 Å². The van der Waals surface area contributed by atoms with Crippen LogP contribution in [0.4, 0.5) is 0 Å². The summed E-state index contributed by atoms with van der Waals surface area (Å²) >= 11 is 0. The summed E-state index contributed by atoms with van der Waals surface area (Å²) in [7, 11) is 0. The molecule has 0 radical (unpaired) electrons. The van der Waals surface area contributed by atoms with Gasteiger partial charge in [0, 0.05) is 18.0 Å². The molecule has 0 aliphatic rings. The van der Waals surface area contributed by atoms with E-state index < -0.39 is 5.97 Å². The van der Waals surface area contributed by atoms with Gasteiger partial charge in [-0.15, -0.1) is 0 Å². The van der Waals surface area contributed by atoms with Gasteiger partial charge in [-0.25, -0.2) is 14.8 Å². The van der Waals surface area contributed by atoms with Gasteiger partial charge in [-0.1, -0.05) is 83.4 Å². The minimum atomic E-state index is -0.491. The Hall–Kier alpha value is -3.52. The Balaban J connectivity index is 1.55. The first kappa shape index (κ1) is 28.1. The number of carbonyl (C=O) groups is 1. The lowest BCUT2D eigenvalue weighted by Gasteiger charge is -2.09. The minimum Gasteiger partial charge on any atom is -0.422 e. The molecular weight excluding hydrogens is 458 g/mol. The van der Waals surface area contributed by atoms with Crippen LogP contribution in [0.15, 0.2) is 54.9 Å². The number of hydrogen-bond acceptors (Lipinski definition) is 5. The van der Waals surface area contributed by atoms with E-state index in [9.17, 15) is 10.1 Å². The lowest BCUT2D eigenvalue weighted by molar-refractivity contribution is 0.0734. The molecule has 2 aromatic carbocycles. The second-order valence-corrected chi connectivity index (χ2v) is 9.65. The van der Waals surface area contributed by atoms with E-state index in [-0.39, 0.29) is 0 Å². The predicted molar refractivity (Wildman–Crippen MR) is 149 cm³/mol. The van der Waals surface area contributed by atoms with E-state index in [2.05, 4.69) is 29.9 Å². The van der Waals surface area contributed by atoms with Crippen LogP contribution in [0.5, 0.6) is 5.75 Å². The second-order valence-electron chi connectivity index (χ2n) is 9.65. The fraction of sp³-hybridized carbons (Fsp3) is 0.438. The third-order valence-corrected chi connectivity index (χ3v) is 6.59. The number of carbonyl (C=O) groups excluding carboxylic acids is 1. The van der Waals surface area contributed by atoms with Crippen LogP contribution in [0.3, 0.4) is 0 Å².